The van der Waals surface area contributed by atoms with Gasteiger partial charge in [0.05, 0.1) is 23.4 Å². The maximum atomic E-state index is 11.8. The van der Waals surface area contributed by atoms with Gasteiger partial charge in [0, 0.05) is 6.61 Å². The minimum atomic E-state index is -0.245. The first kappa shape index (κ1) is 13.5. The SMILES string of the molecule is Cc1nc(C)c(C(=O)OCCC[C@H]2CCCO2)s1. The molecule has 2 rings (SSSR count). The second-order valence-electron chi connectivity index (χ2n) is 4.56. The van der Waals surface area contributed by atoms with Gasteiger partial charge in [-0.15, -0.1) is 11.3 Å². The van der Waals surface area contributed by atoms with Gasteiger partial charge in [-0.3, -0.25) is 0 Å². The fourth-order valence-corrected chi connectivity index (χ4v) is 2.95. The summed E-state index contributed by atoms with van der Waals surface area (Å²) >= 11 is 1.40. The Bertz CT molecular complexity index is 410. The Balaban J connectivity index is 1.70. The van der Waals surface area contributed by atoms with Gasteiger partial charge in [-0.1, -0.05) is 0 Å². The molecule has 18 heavy (non-hydrogen) atoms. The standard InChI is InChI=1S/C13H19NO3S/c1-9-12(18-10(2)14-9)13(15)17-8-4-6-11-5-3-7-16-11/h11H,3-8H2,1-2H3/t11-/m1/s1. The highest BCUT2D eigenvalue weighted by Gasteiger charge is 2.17. The van der Waals surface area contributed by atoms with E-state index in [2.05, 4.69) is 4.98 Å². The fourth-order valence-electron chi connectivity index (χ4n) is 2.13. The van der Waals surface area contributed by atoms with Crippen molar-refractivity contribution in [1.29, 1.82) is 0 Å². The summed E-state index contributed by atoms with van der Waals surface area (Å²) in [7, 11) is 0. The maximum absolute atomic E-state index is 11.8. The molecule has 0 spiro atoms. The molecule has 0 saturated carbocycles. The van der Waals surface area contributed by atoms with Crippen LogP contribution in [0.1, 0.15) is 46.1 Å². The van der Waals surface area contributed by atoms with Crippen molar-refractivity contribution in [1.82, 2.24) is 4.98 Å². The number of carbonyl (C=O) groups is 1. The molecule has 1 saturated heterocycles. The lowest BCUT2D eigenvalue weighted by Crippen LogP contribution is -2.10. The smallest absolute Gasteiger partial charge is 0.350 e. The van der Waals surface area contributed by atoms with E-state index in [0.717, 1.165) is 43.0 Å². The summed E-state index contributed by atoms with van der Waals surface area (Å²) < 4.78 is 10.8. The molecule has 0 amide bonds. The van der Waals surface area contributed by atoms with Crippen molar-refractivity contribution in [3.05, 3.63) is 15.6 Å². The van der Waals surface area contributed by atoms with Gasteiger partial charge >= 0.3 is 5.97 Å². The van der Waals surface area contributed by atoms with E-state index in [4.69, 9.17) is 9.47 Å². The third-order valence-corrected chi connectivity index (χ3v) is 4.07. The summed E-state index contributed by atoms with van der Waals surface area (Å²) in [6.07, 6.45) is 4.52. The molecule has 0 radical (unpaired) electrons. The van der Waals surface area contributed by atoms with Gasteiger partial charge in [-0.25, -0.2) is 9.78 Å². The molecule has 1 fully saturated rings. The number of hydrogen-bond acceptors (Lipinski definition) is 5. The summed E-state index contributed by atoms with van der Waals surface area (Å²) in [4.78, 5) is 16.6. The van der Waals surface area contributed by atoms with Crippen LogP contribution < -0.4 is 0 Å². The van der Waals surface area contributed by atoms with Crippen LogP contribution in [0, 0.1) is 13.8 Å². The molecule has 5 heteroatoms. The Morgan fingerprint density at radius 2 is 2.39 bits per heavy atom. The highest BCUT2D eigenvalue weighted by atomic mass is 32.1. The number of rotatable bonds is 5. The molecular weight excluding hydrogens is 250 g/mol. The second-order valence-corrected chi connectivity index (χ2v) is 5.76. The molecule has 1 aliphatic heterocycles. The van der Waals surface area contributed by atoms with E-state index >= 15 is 0 Å². The number of nitrogens with zero attached hydrogens (tertiary/aromatic N) is 1. The Labute approximate surface area is 111 Å². The summed E-state index contributed by atoms with van der Waals surface area (Å²) in [5, 5.41) is 0.902. The van der Waals surface area contributed by atoms with E-state index in [0.29, 0.717) is 17.6 Å². The Morgan fingerprint density at radius 1 is 1.56 bits per heavy atom. The summed E-state index contributed by atoms with van der Waals surface area (Å²) in [6.45, 7) is 5.08. The van der Waals surface area contributed by atoms with Crippen LogP contribution in [-0.4, -0.2) is 30.3 Å². The highest BCUT2D eigenvalue weighted by Crippen LogP contribution is 2.19. The number of esters is 1. The van der Waals surface area contributed by atoms with Gasteiger partial charge in [0.1, 0.15) is 4.88 Å². The number of aromatic nitrogens is 1. The van der Waals surface area contributed by atoms with Crippen LogP contribution in [0.5, 0.6) is 0 Å². The molecule has 1 aromatic heterocycles. The van der Waals surface area contributed by atoms with Crippen LogP contribution in [0.4, 0.5) is 0 Å². The molecule has 100 valence electrons. The van der Waals surface area contributed by atoms with Gasteiger partial charge in [0.15, 0.2) is 0 Å². The molecule has 1 aromatic rings. The number of hydrogen-bond donors (Lipinski definition) is 0. The van der Waals surface area contributed by atoms with E-state index in [-0.39, 0.29) is 5.97 Å². The Morgan fingerprint density at radius 3 is 3.00 bits per heavy atom. The molecule has 1 atom stereocenters. The Hall–Kier alpha value is -0.940. The van der Waals surface area contributed by atoms with Crippen LogP contribution in [0.15, 0.2) is 0 Å². The quantitative estimate of drug-likeness (QED) is 0.609. The average Bonchev–Trinajstić information content (AvgIpc) is 2.94. The normalized spacial score (nSPS) is 19.1. The summed E-state index contributed by atoms with van der Waals surface area (Å²) in [5.74, 6) is -0.245. The lowest BCUT2D eigenvalue weighted by molar-refractivity contribution is 0.0465. The average molecular weight is 269 g/mol. The van der Waals surface area contributed by atoms with Gasteiger partial charge in [0.25, 0.3) is 0 Å². The molecule has 2 heterocycles. The maximum Gasteiger partial charge on any atom is 0.350 e. The first-order valence-electron chi connectivity index (χ1n) is 6.39. The van der Waals surface area contributed by atoms with E-state index in [1.54, 1.807) is 0 Å². The fraction of sp³-hybridized carbons (Fsp3) is 0.692. The number of carbonyl (C=O) groups excluding carboxylic acids is 1. The third kappa shape index (κ3) is 3.53. The van der Waals surface area contributed by atoms with Crippen LogP contribution in [0.3, 0.4) is 0 Å². The second kappa shape index (κ2) is 6.29. The van der Waals surface area contributed by atoms with Gasteiger partial charge in [-0.05, 0) is 39.5 Å². The first-order chi connectivity index (χ1) is 8.66. The van der Waals surface area contributed by atoms with Gasteiger partial charge in [0.2, 0.25) is 0 Å². The molecular formula is C13H19NO3S. The molecule has 0 aliphatic carbocycles. The minimum absolute atomic E-state index is 0.245. The number of ether oxygens (including phenoxy) is 2. The molecule has 0 bridgehead atoms. The van der Waals surface area contributed by atoms with Crippen molar-refractivity contribution in [2.45, 2.75) is 45.6 Å². The zero-order chi connectivity index (χ0) is 13.0. The summed E-state index contributed by atoms with van der Waals surface area (Å²) in [5.41, 5.74) is 0.765. The third-order valence-electron chi connectivity index (χ3n) is 3.02. The van der Waals surface area contributed by atoms with Crippen LogP contribution in [-0.2, 0) is 9.47 Å². The van der Waals surface area contributed by atoms with Crippen molar-refractivity contribution >= 4 is 17.3 Å². The minimum Gasteiger partial charge on any atom is -0.461 e. The van der Waals surface area contributed by atoms with E-state index in [1.165, 1.54) is 11.3 Å². The highest BCUT2D eigenvalue weighted by molar-refractivity contribution is 7.13. The summed E-state index contributed by atoms with van der Waals surface area (Å²) in [6, 6.07) is 0. The van der Waals surface area contributed by atoms with Crippen LogP contribution >= 0.6 is 11.3 Å². The Kier molecular flexibility index (Phi) is 4.72. The van der Waals surface area contributed by atoms with Gasteiger partial charge in [-0.2, -0.15) is 0 Å². The molecule has 1 aliphatic rings. The van der Waals surface area contributed by atoms with E-state index in [9.17, 15) is 4.79 Å². The lowest BCUT2D eigenvalue weighted by Gasteiger charge is -2.08. The zero-order valence-electron chi connectivity index (χ0n) is 10.9. The molecule has 0 unspecified atom stereocenters. The largest absolute Gasteiger partial charge is 0.461 e. The number of aryl methyl sites for hydroxylation is 2. The number of thiazole rings is 1. The topological polar surface area (TPSA) is 48.4 Å². The predicted molar refractivity (Wildman–Crippen MR) is 70.1 cm³/mol. The van der Waals surface area contributed by atoms with Crippen molar-refractivity contribution in [2.24, 2.45) is 0 Å². The van der Waals surface area contributed by atoms with Crippen molar-refractivity contribution < 1.29 is 14.3 Å². The van der Waals surface area contributed by atoms with Crippen molar-refractivity contribution in [2.75, 3.05) is 13.2 Å². The molecule has 0 N–H and O–H groups in total. The van der Waals surface area contributed by atoms with Crippen molar-refractivity contribution in [3.63, 3.8) is 0 Å². The van der Waals surface area contributed by atoms with E-state index in [1.807, 2.05) is 13.8 Å². The van der Waals surface area contributed by atoms with Crippen LogP contribution in [0.25, 0.3) is 0 Å². The van der Waals surface area contributed by atoms with Crippen LogP contribution in [0.2, 0.25) is 0 Å². The van der Waals surface area contributed by atoms with E-state index < -0.39 is 0 Å². The molecule has 0 aromatic carbocycles. The monoisotopic (exact) mass is 269 g/mol. The lowest BCUT2D eigenvalue weighted by atomic mass is 10.1. The van der Waals surface area contributed by atoms with Crippen molar-refractivity contribution in [3.8, 4) is 0 Å². The zero-order valence-corrected chi connectivity index (χ0v) is 11.7. The van der Waals surface area contributed by atoms with Gasteiger partial charge < -0.3 is 9.47 Å². The molecule has 4 nitrogen and oxygen atoms in total. The predicted octanol–water partition coefficient (Wildman–Crippen LogP) is 2.88. The first-order valence-corrected chi connectivity index (χ1v) is 7.21.